The van der Waals surface area contributed by atoms with E-state index in [0.29, 0.717) is 5.56 Å². The fourth-order valence-electron chi connectivity index (χ4n) is 11.5. The largest absolute Gasteiger partial charge is 0.309 e. The quantitative estimate of drug-likeness (QED) is 0.125. The molecule has 67 heavy (non-hydrogen) atoms. The molecule has 0 saturated heterocycles. The average Bonchev–Trinajstić information content (AvgIpc) is 3.74. The second-order valence-electron chi connectivity index (χ2n) is 17.8. The number of para-hydroxylation sites is 1. The minimum absolute atomic E-state index is 0.689. The summed E-state index contributed by atoms with van der Waals surface area (Å²) in [5, 5.41) is 27.0. The second kappa shape index (κ2) is 14.5. The molecule has 0 bridgehead atoms. The van der Waals surface area contributed by atoms with Gasteiger partial charge in [-0.1, -0.05) is 188 Å². The molecule has 0 radical (unpaired) electrons. The Kier molecular flexibility index (Phi) is 8.08. The van der Waals surface area contributed by atoms with Gasteiger partial charge < -0.3 is 4.57 Å². The Morgan fingerprint density at radius 2 is 0.731 bits per heavy atom. The van der Waals surface area contributed by atoms with Gasteiger partial charge in [-0.2, -0.15) is 5.26 Å². The van der Waals surface area contributed by atoms with Gasteiger partial charge in [0, 0.05) is 21.8 Å². The van der Waals surface area contributed by atoms with E-state index in [1.165, 1.54) is 98.0 Å². The number of hydrogen-bond donors (Lipinski definition) is 0. The van der Waals surface area contributed by atoms with E-state index in [-0.39, 0.29) is 0 Å². The zero-order valence-corrected chi connectivity index (χ0v) is 36.3. The number of hydrogen-bond acceptors (Lipinski definition) is 1. The number of rotatable bonds is 5. The summed E-state index contributed by atoms with van der Waals surface area (Å²) >= 11 is 0. The molecule has 13 aromatic carbocycles. The fraction of sp³-hybridized carbons (Fsp3) is 0. The van der Waals surface area contributed by atoms with E-state index in [1.54, 1.807) is 0 Å². The van der Waals surface area contributed by atoms with Crippen molar-refractivity contribution in [3.05, 3.63) is 236 Å². The van der Waals surface area contributed by atoms with Gasteiger partial charge in [0.15, 0.2) is 0 Å². The van der Waals surface area contributed by atoms with Crippen LogP contribution in [0.5, 0.6) is 0 Å². The summed E-state index contributed by atoms with van der Waals surface area (Å²) in [6.45, 7) is 0. The molecule has 0 spiro atoms. The topological polar surface area (TPSA) is 28.7 Å². The highest BCUT2D eigenvalue weighted by Gasteiger charge is 2.24. The van der Waals surface area contributed by atoms with E-state index >= 15 is 0 Å². The van der Waals surface area contributed by atoms with Crippen LogP contribution in [-0.2, 0) is 0 Å². The summed E-state index contributed by atoms with van der Waals surface area (Å²) in [4.78, 5) is 0. The summed E-state index contributed by atoms with van der Waals surface area (Å²) < 4.78 is 2.35. The molecule has 0 N–H and O–H groups in total. The zero-order valence-electron chi connectivity index (χ0n) is 36.3. The number of nitriles is 1. The maximum absolute atomic E-state index is 10.3. The Balaban J connectivity index is 1.12. The van der Waals surface area contributed by atoms with Gasteiger partial charge in [-0.15, -0.1) is 0 Å². The number of fused-ring (bicyclic) bond motifs is 5. The summed E-state index contributed by atoms with van der Waals surface area (Å²) in [6.07, 6.45) is 0. The molecule has 14 aromatic rings. The van der Waals surface area contributed by atoms with Crippen molar-refractivity contribution in [1.29, 1.82) is 5.26 Å². The molecule has 0 aliphatic heterocycles. The van der Waals surface area contributed by atoms with Gasteiger partial charge in [0.2, 0.25) is 0 Å². The Morgan fingerprint density at radius 3 is 1.30 bits per heavy atom. The van der Waals surface area contributed by atoms with E-state index in [2.05, 4.69) is 235 Å². The van der Waals surface area contributed by atoms with Crippen molar-refractivity contribution in [2.45, 2.75) is 0 Å². The van der Waals surface area contributed by atoms with Crippen LogP contribution < -0.4 is 0 Å². The molecule has 0 saturated carbocycles. The van der Waals surface area contributed by atoms with Gasteiger partial charge in [-0.25, -0.2) is 0 Å². The Labute approximate surface area is 386 Å². The Morgan fingerprint density at radius 1 is 0.299 bits per heavy atom. The molecule has 14 rings (SSSR count). The maximum atomic E-state index is 10.3. The molecule has 2 nitrogen and oxygen atoms in total. The van der Waals surface area contributed by atoms with E-state index in [9.17, 15) is 5.26 Å². The lowest BCUT2D eigenvalue weighted by atomic mass is 9.81. The molecule has 0 fully saturated rings. The third-order valence-corrected chi connectivity index (χ3v) is 14.4. The summed E-state index contributed by atoms with van der Waals surface area (Å²) in [7, 11) is 0. The van der Waals surface area contributed by atoms with Gasteiger partial charge in [0.25, 0.3) is 0 Å². The molecular formula is C65H38N2. The lowest BCUT2D eigenvalue weighted by Gasteiger charge is -2.21. The predicted octanol–water partition coefficient (Wildman–Crippen LogP) is 17.7. The Bertz CT molecular complexity index is 4380. The number of aromatic nitrogens is 1. The first-order valence-electron chi connectivity index (χ1n) is 23.0. The van der Waals surface area contributed by atoms with Crippen molar-refractivity contribution >= 4 is 86.4 Å². The molecule has 308 valence electrons. The van der Waals surface area contributed by atoms with Crippen molar-refractivity contribution in [3.63, 3.8) is 0 Å². The highest BCUT2D eigenvalue weighted by atomic mass is 15.0. The molecule has 0 aliphatic rings. The van der Waals surface area contributed by atoms with Crippen LogP contribution in [0.15, 0.2) is 231 Å². The molecule has 0 unspecified atom stereocenters. The van der Waals surface area contributed by atoms with Gasteiger partial charge >= 0.3 is 0 Å². The van der Waals surface area contributed by atoms with E-state index in [1.807, 2.05) is 6.07 Å². The minimum atomic E-state index is 0.689. The van der Waals surface area contributed by atoms with Gasteiger partial charge in [0.1, 0.15) is 0 Å². The van der Waals surface area contributed by atoms with Crippen LogP contribution in [0.3, 0.4) is 0 Å². The number of benzene rings is 13. The predicted molar refractivity (Wildman–Crippen MR) is 283 cm³/mol. The standard InChI is InChI=1S/C65H38N2/c66-39-45-29-35-60-64-52(45)32-33-55-51(34-36-61(65(55)64)67(60)46-19-2-1-3-20-46)44-28-31-57-59(38-44)63(54-26-12-18-42-15-6-9-23-49(42)54)56-30-27-43(50-24-10-16-40-13-4-7-21-47(40)50)37-58(56)62(57)53-25-11-17-41-14-5-8-22-48(41)53/h1-38H. The van der Waals surface area contributed by atoms with Crippen molar-refractivity contribution in [2.24, 2.45) is 0 Å². The Hall–Kier alpha value is -9.03. The lowest BCUT2D eigenvalue weighted by Crippen LogP contribution is -1.94. The van der Waals surface area contributed by atoms with Crippen molar-refractivity contribution in [2.75, 3.05) is 0 Å². The van der Waals surface area contributed by atoms with E-state index < -0.39 is 0 Å². The zero-order chi connectivity index (χ0) is 44.2. The van der Waals surface area contributed by atoms with Crippen LogP contribution in [0.1, 0.15) is 5.56 Å². The summed E-state index contributed by atoms with van der Waals surface area (Å²) in [5.74, 6) is 0. The highest BCUT2D eigenvalue weighted by Crippen LogP contribution is 2.50. The van der Waals surface area contributed by atoms with Gasteiger partial charge in [0.05, 0.1) is 22.7 Å². The van der Waals surface area contributed by atoms with Crippen molar-refractivity contribution < 1.29 is 0 Å². The third kappa shape index (κ3) is 5.50. The second-order valence-corrected chi connectivity index (χ2v) is 17.8. The van der Waals surface area contributed by atoms with E-state index in [4.69, 9.17) is 0 Å². The average molecular weight is 847 g/mol. The first-order chi connectivity index (χ1) is 33.2. The molecule has 1 heterocycles. The molecule has 0 amide bonds. The molecule has 0 atom stereocenters. The molecule has 2 heteroatoms. The molecule has 0 aliphatic carbocycles. The van der Waals surface area contributed by atoms with Crippen molar-refractivity contribution in [3.8, 4) is 56.3 Å². The minimum Gasteiger partial charge on any atom is -0.309 e. The number of nitrogens with zero attached hydrogens (tertiary/aromatic N) is 2. The van der Waals surface area contributed by atoms with Crippen LogP contribution >= 0.6 is 0 Å². The first kappa shape index (κ1) is 37.4. The molecular weight excluding hydrogens is 809 g/mol. The molecule has 1 aromatic heterocycles. The third-order valence-electron chi connectivity index (χ3n) is 14.4. The van der Waals surface area contributed by atoms with E-state index in [0.717, 1.165) is 38.6 Å². The van der Waals surface area contributed by atoms with Crippen molar-refractivity contribution in [1.82, 2.24) is 4.57 Å². The van der Waals surface area contributed by atoms with Gasteiger partial charge in [-0.3, -0.25) is 0 Å². The van der Waals surface area contributed by atoms with Crippen LogP contribution in [0, 0.1) is 11.3 Å². The normalized spacial score (nSPS) is 11.9. The fourth-order valence-corrected chi connectivity index (χ4v) is 11.5. The van der Waals surface area contributed by atoms with Crippen LogP contribution in [0.4, 0.5) is 0 Å². The highest BCUT2D eigenvalue weighted by molar-refractivity contribution is 6.29. The smallest absolute Gasteiger partial charge is 0.0998 e. The monoisotopic (exact) mass is 846 g/mol. The van der Waals surface area contributed by atoms with Crippen LogP contribution in [-0.4, -0.2) is 4.57 Å². The lowest BCUT2D eigenvalue weighted by molar-refractivity contribution is 1.18. The first-order valence-corrected chi connectivity index (χ1v) is 23.0. The van der Waals surface area contributed by atoms with Crippen LogP contribution in [0.2, 0.25) is 0 Å². The van der Waals surface area contributed by atoms with Gasteiger partial charge in [-0.05, 0) is 146 Å². The SMILES string of the molecule is N#Cc1ccc2c3c1ccc1c(-c4ccc5c(-c6cccc7ccccc67)c6cc(-c7cccc8ccccc78)ccc6c(-c6cccc7ccccc67)c5c4)ccc(c13)n2-c1ccccc1. The van der Waals surface area contributed by atoms with Crippen LogP contribution in [0.25, 0.3) is 137 Å². The summed E-state index contributed by atoms with van der Waals surface area (Å²) in [5.41, 5.74) is 13.6. The summed E-state index contributed by atoms with van der Waals surface area (Å²) in [6, 6.07) is 86.9. The maximum Gasteiger partial charge on any atom is 0.0998 e.